The molecule has 3 N–H and O–H groups in total. The molecule has 0 saturated carbocycles. The van der Waals surface area contributed by atoms with E-state index in [9.17, 15) is 14.4 Å². The Bertz CT molecular complexity index is 689. The second kappa shape index (κ2) is 9.04. The van der Waals surface area contributed by atoms with E-state index in [1.165, 1.54) is 0 Å². The van der Waals surface area contributed by atoms with Gasteiger partial charge in [0.25, 0.3) is 0 Å². The molecule has 0 spiro atoms. The highest BCUT2D eigenvalue weighted by molar-refractivity contribution is 6.39. The zero-order valence-corrected chi connectivity index (χ0v) is 13.0. The van der Waals surface area contributed by atoms with Crippen LogP contribution < -0.4 is 16.0 Å². The summed E-state index contributed by atoms with van der Waals surface area (Å²) in [5.41, 5.74) is 1.47. The predicted molar refractivity (Wildman–Crippen MR) is 88.8 cm³/mol. The fraction of sp³-hybridized carbons (Fsp3) is 0.176. The summed E-state index contributed by atoms with van der Waals surface area (Å²) in [5.74, 6) is -1.75. The lowest BCUT2D eigenvalue weighted by Gasteiger charge is -2.07. The Balaban J connectivity index is 1.64. The molecule has 0 fully saturated rings. The number of benzene rings is 1. The first-order valence-corrected chi connectivity index (χ1v) is 7.45. The Morgan fingerprint density at radius 1 is 0.875 bits per heavy atom. The molecule has 0 saturated heterocycles. The maximum Gasteiger partial charge on any atom is 0.313 e. The molecule has 2 rings (SSSR count). The average molecular weight is 326 g/mol. The van der Waals surface area contributed by atoms with Crippen LogP contribution in [0, 0.1) is 0 Å². The van der Waals surface area contributed by atoms with Crippen LogP contribution in [0.4, 0.5) is 5.69 Å². The Morgan fingerprint density at radius 2 is 1.58 bits per heavy atom. The van der Waals surface area contributed by atoms with Crippen molar-refractivity contribution in [2.24, 2.45) is 0 Å². The number of nitrogens with one attached hydrogen (secondary N) is 3. The normalized spacial score (nSPS) is 9.83. The standard InChI is InChI=1S/C17H18N4O3/c22-15(20-12-13-6-9-18-10-7-13)8-11-19-16(23)17(24)21-14-4-2-1-3-5-14/h1-7,9-10H,8,11-12H2,(H,19,23)(H,20,22)(H,21,24). The molecule has 1 heterocycles. The van der Waals surface area contributed by atoms with Gasteiger partial charge in [-0.15, -0.1) is 0 Å². The second-order valence-corrected chi connectivity index (χ2v) is 4.96. The SMILES string of the molecule is O=C(CCNC(=O)C(=O)Nc1ccccc1)NCc1ccncc1. The van der Waals surface area contributed by atoms with Crippen molar-refractivity contribution in [3.63, 3.8) is 0 Å². The van der Waals surface area contributed by atoms with Crippen LogP contribution in [-0.2, 0) is 20.9 Å². The van der Waals surface area contributed by atoms with Crippen molar-refractivity contribution in [3.8, 4) is 0 Å². The van der Waals surface area contributed by atoms with E-state index in [2.05, 4.69) is 20.9 Å². The lowest BCUT2D eigenvalue weighted by Crippen LogP contribution is -2.37. The minimum absolute atomic E-state index is 0.0865. The smallest absolute Gasteiger partial charge is 0.313 e. The maximum absolute atomic E-state index is 11.7. The largest absolute Gasteiger partial charge is 0.352 e. The zero-order valence-electron chi connectivity index (χ0n) is 13.0. The molecule has 0 aliphatic rings. The van der Waals surface area contributed by atoms with Crippen molar-refractivity contribution in [2.45, 2.75) is 13.0 Å². The Morgan fingerprint density at radius 3 is 2.29 bits per heavy atom. The van der Waals surface area contributed by atoms with Crippen molar-refractivity contribution in [1.82, 2.24) is 15.6 Å². The Labute approximate surface area is 139 Å². The van der Waals surface area contributed by atoms with Gasteiger partial charge in [-0.1, -0.05) is 18.2 Å². The van der Waals surface area contributed by atoms with Crippen LogP contribution >= 0.6 is 0 Å². The van der Waals surface area contributed by atoms with E-state index in [0.29, 0.717) is 12.2 Å². The predicted octanol–water partition coefficient (Wildman–Crippen LogP) is 0.843. The number of rotatable bonds is 6. The van der Waals surface area contributed by atoms with E-state index in [-0.39, 0.29) is 18.9 Å². The van der Waals surface area contributed by atoms with Gasteiger partial charge in [0.1, 0.15) is 0 Å². The van der Waals surface area contributed by atoms with Crippen LogP contribution in [0.1, 0.15) is 12.0 Å². The van der Waals surface area contributed by atoms with Crippen molar-refractivity contribution in [1.29, 1.82) is 0 Å². The van der Waals surface area contributed by atoms with E-state index in [1.807, 2.05) is 0 Å². The van der Waals surface area contributed by atoms with Gasteiger partial charge >= 0.3 is 11.8 Å². The molecule has 2 aromatic rings. The minimum Gasteiger partial charge on any atom is -0.352 e. The summed E-state index contributed by atoms with van der Waals surface area (Å²) in [6.07, 6.45) is 3.38. The fourth-order valence-electron chi connectivity index (χ4n) is 1.87. The second-order valence-electron chi connectivity index (χ2n) is 4.96. The number of aromatic nitrogens is 1. The summed E-state index contributed by atoms with van der Waals surface area (Å²) in [5, 5.41) is 7.60. The van der Waals surface area contributed by atoms with Crippen molar-refractivity contribution in [2.75, 3.05) is 11.9 Å². The summed E-state index contributed by atoms with van der Waals surface area (Å²) in [4.78, 5) is 38.9. The highest BCUT2D eigenvalue weighted by Gasteiger charge is 2.13. The van der Waals surface area contributed by atoms with Crippen LogP contribution in [0.5, 0.6) is 0 Å². The molecule has 124 valence electrons. The summed E-state index contributed by atoms with van der Waals surface area (Å²) in [7, 11) is 0. The van der Waals surface area contributed by atoms with Gasteiger partial charge in [-0.2, -0.15) is 0 Å². The number of carbonyl (C=O) groups excluding carboxylic acids is 3. The van der Waals surface area contributed by atoms with E-state index in [4.69, 9.17) is 0 Å². The molecule has 0 aliphatic carbocycles. The summed E-state index contributed by atoms with van der Waals surface area (Å²) >= 11 is 0. The fourth-order valence-corrected chi connectivity index (χ4v) is 1.87. The van der Waals surface area contributed by atoms with E-state index < -0.39 is 11.8 Å². The quantitative estimate of drug-likeness (QED) is 0.685. The van der Waals surface area contributed by atoms with Gasteiger partial charge in [-0.3, -0.25) is 19.4 Å². The highest BCUT2D eigenvalue weighted by Crippen LogP contribution is 2.04. The Kier molecular flexibility index (Phi) is 6.46. The lowest BCUT2D eigenvalue weighted by molar-refractivity contribution is -0.136. The molecular weight excluding hydrogens is 308 g/mol. The third-order valence-corrected chi connectivity index (χ3v) is 3.11. The molecular formula is C17H18N4O3. The van der Waals surface area contributed by atoms with Crippen LogP contribution in [0.15, 0.2) is 54.9 Å². The molecule has 0 bridgehead atoms. The molecule has 24 heavy (non-hydrogen) atoms. The molecule has 3 amide bonds. The first-order chi connectivity index (χ1) is 11.6. The number of pyridine rings is 1. The van der Waals surface area contributed by atoms with Crippen LogP contribution in [0.2, 0.25) is 0 Å². The topological polar surface area (TPSA) is 100 Å². The first-order valence-electron chi connectivity index (χ1n) is 7.45. The minimum atomic E-state index is -0.777. The summed E-state index contributed by atoms with van der Waals surface area (Å²) < 4.78 is 0. The molecule has 0 unspecified atom stereocenters. The molecule has 1 aromatic carbocycles. The van der Waals surface area contributed by atoms with E-state index in [0.717, 1.165) is 5.56 Å². The first kappa shape index (κ1) is 17.1. The van der Waals surface area contributed by atoms with Crippen molar-refractivity contribution >= 4 is 23.4 Å². The van der Waals surface area contributed by atoms with Gasteiger partial charge < -0.3 is 16.0 Å². The average Bonchev–Trinajstić information content (AvgIpc) is 2.61. The number of hydrogen-bond acceptors (Lipinski definition) is 4. The number of anilines is 1. The van der Waals surface area contributed by atoms with Crippen molar-refractivity contribution < 1.29 is 14.4 Å². The molecule has 0 atom stereocenters. The van der Waals surface area contributed by atoms with Crippen LogP contribution in [0.3, 0.4) is 0 Å². The van der Waals surface area contributed by atoms with Gasteiger partial charge in [0.15, 0.2) is 0 Å². The Hall–Kier alpha value is -3.22. The monoisotopic (exact) mass is 326 g/mol. The van der Waals surface area contributed by atoms with E-state index in [1.54, 1.807) is 54.9 Å². The number of para-hydroxylation sites is 1. The number of carbonyl (C=O) groups is 3. The highest BCUT2D eigenvalue weighted by atomic mass is 16.2. The molecule has 0 aliphatic heterocycles. The number of hydrogen-bond donors (Lipinski definition) is 3. The lowest BCUT2D eigenvalue weighted by atomic mass is 10.2. The van der Waals surface area contributed by atoms with E-state index >= 15 is 0 Å². The molecule has 7 nitrogen and oxygen atoms in total. The van der Waals surface area contributed by atoms with Crippen LogP contribution in [0.25, 0.3) is 0 Å². The summed E-state index contributed by atoms with van der Waals surface area (Å²) in [6, 6.07) is 12.3. The third-order valence-electron chi connectivity index (χ3n) is 3.11. The van der Waals surface area contributed by atoms with Gasteiger partial charge in [0, 0.05) is 37.6 Å². The van der Waals surface area contributed by atoms with Gasteiger partial charge in [-0.25, -0.2) is 0 Å². The summed E-state index contributed by atoms with van der Waals surface area (Å²) in [6.45, 7) is 0.479. The van der Waals surface area contributed by atoms with Crippen LogP contribution in [-0.4, -0.2) is 29.3 Å². The molecule has 0 radical (unpaired) electrons. The molecule has 7 heteroatoms. The van der Waals surface area contributed by atoms with Crippen molar-refractivity contribution in [3.05, 3.63) is 60.4 Å². The van der Waals surface area contributed by atoms with Gasteiger partial charge in [0.2, 0.25) is 5.91 Å². The zero-order chi connectivity index (χ0) is 17.2. The molecule has 1 aromatic heterocycles. The van der Waals surface area contributed by atoms with Gasteiger partial charge in [0.05, 0.1) is 0 Å². The van der Waals surface area contributed by atoms with Gasteiger partial charge in [-0.05, 0) is 29.8 Å². The third kappa shape index (κ3) is 5.88. The number of nitrogens with zero attached hydrogens (tertiary/aromatic N) is 1. The number of amides is 3. The maximum atomic E-state index is 11.7.